The van der Waals surface area contributed by atoms with E-state index < -0.39 is 47.4 Å². The molecule has 0 radical (unpaired) electrons. The molecule has 0 aliphatic carbocycles. The van der Waals surface area contributed by atoms with Crippen LogP contribution in [0.2, 0.25) is 0 Å². The average molecular weight is 372 g/mol. The van der Waals surface area contributed by atoms with Gasteiger partial charge in [-0.25, -0.2) is 4.79 Å². The molecule has 0 saturated carbocycles. The fourth-order valence-corrected chi connectivity index (χ4v) is 3.18. The van der Waals surface area contributed by atoms with E-state index in [2.05, 4.69) is 6.92 Å². The van der Waals surface area contributed by atoms with Gasteiger partial charge in [0.2, 0.25) is 5.82 Å². The fraction of sp³-hybridized carbons (Fsp3) is 0.706. The molecule has 3 N–H and O–H groups in total. The molecule has 0 spiro atoms. The van der Waals surface area contributed by atoms with Gasteiger partial charge in [-0.05, 0) is 6.42 Å². The van der Waals surface area contributed by atoms with Crippen molar-refractivity contribution in [1.29, 1.82) is 0 Å². The quantitative estimate of drug-likeness (QED) is 0.546. The lowest BCUT2D eigenvalue weighted by molar-refractivity contribution is -0.146. The maximum Gasteiger partial charge on any atom is 0.330 e. The molecule has 0 bridgehead atoms. The molecule has 1 aromatic rings. The highest BCUT2D eigenvalue weighted by atomic mass is 19.1. The Bertz CT molecular complexity index is 746. The maximum absolute atomic E-state index is 13.5. The molecule has 3 unspecified atom stereocenters. The zero-order valence-electron chi connectivity index (χ0n) is 14.7. The smallest absolute Gasteiger partial charge is 0.330 e. The summed E-state index contributed by atoms with van der Waals surface area (Å²) < 4.78 is 19.7. The number of carbonyl (C=O) groups excluding carboxylic acids is 1. The molecule has 3 atom stereocenters. The predicted molar refractivity (Wildman–Crippen MR) is 90.2 cm³/mol. The van der Waals surface area contributed by atoms with E-state index in [4.69, 9.17) is 4.74 Å². The van der Waals surface area contributed by atoms with E-state index in [1.165, 1.54) is 0 Å². The molecule has 9 heteroatoms. The van der Waals surface area contributed by atoms with Crippen LogP contribution in [0.25, 0.3) is 0 Å². The van der Waals surface area contributed by atoms with E-state index in [-0.39, 0.29) is 12.8 Å². The summed E-state index contributed by atoms with van der Waals surface area (Å²) in [5.74, 6) is -1.67. The summed E-state index contributed by atoms with van der Waals surface area (Å²) in [5.41, 5.74) is -4.05. The van der Waals surface area contributed by atoms with Crippen molar-refractivity contribution in [3.05, 3.63) is 32.9 Å². The van der Waals surface area contributed by atoms with Gasteiger partial charge in [-0.15, -0.1) is 0 Å². The topological polar surface area (TPSA) is 122 Å². The van der Waals surface area contributed by atoms with Crippen molar-refractivity contribution >= 4 is 5.78 Å². The number of H-pyrrole nitrogens is 1. The lowest BCUT2D eigenvalue weighted by Gasteiger charge is -2.25. The van der Waals surface area contributed by atoms with Crippen LogP contribution in [0.3, 0.4) is 0 Å². The molecule has 1 fully saturated rings. The SMILES string of the molecule is CCCCCCCC(=O)C1(O)CC(n2cc(F)c(=O)[nH]c2=O)OC1CO. The number of ether oxygens (including phenoxy) is 1. The molecule has 1 aromatic heterocycles. The minimum absolute atomic E-state index is 0.127. The molecule has 1 saturated heterocycles. The van der Waals surface area contributed by atoms with E-state index in [0.29, 0.717) is 12.6 Å². The Kier molecular flexibility index (Phi) is 6.85. The Morgan fingerprint density at radius 1 is 1.38 bits per heavy atom. The zero-order chi connectivity index (χ0) is 19.3. The number of aliphatic hydroxyl groups excluding tert-OH is 1. The number of aliphatic hydroxyl groups is 2. The molecule has 2 heterocycles. The Hall–Kier alpha value is -1.84. The van der Waals surface area contributed by atoms with Crippen LogP contribution in [0.1, 0.15) is 58.1 Å². The summed E-state index contributed by atoms with van der Waals surface area (Å²) in [6.45, 7) is 1.45. The van der Waals surface area contributed by atoms with Crippen molar-refractivity contribution < 1.29 is 24.1 Å². The summed E-state index contributed by atoms with van der Waals surface area (Å²) in [6, 6.07) is 0. The third-order valence-electron chi connectivity index (χ3n) is 4.73. The third kappa shape index (κ3) is 4.28. The lowest BCUT2D eigenvalue weighted by Crippen LogP contribution is -2.47. The van der Waals surface area contributed by atoms with Crippen molar-refractivity contribution in [2.24, 2.45) is 0 Å². The van der Waals surface area contributed by atoms with Crippen LogP contribution in [-0.2, 0) is 9.53 Å². The van der Waals surface area contributed by atoms with Gasteiger partial charge in [0.1, 0.15) is 12.3 Å². The van der Waals surface area contributed by atoms with Gasteiger partial charge in [-0.1, -0.05) is 32.6 Å². The van der Waals surface area contributed by atoms with E-state index in [9.17, 15) is 29.0 Å². The molecule has 1 aliphatic rings. The minimum Gasteiger partial charge on any atom is -0.394 e. The van der Waals surface area contributed by atoms with Gasteiger partial charge < -0.3 is 14.9 Å². The number of hydrogen-bond donors (Lipinski definition) is 3. The van der Waals surface area contributed by atoms with Gasteiger partial charge in [-0.3, -0.25) is 19.1 Å². The first-order chi connectivity index (χ1) is 12.3. The number of unbranched alkanes of at least 4 members (excludes halogenated alkanes) is 4. The fourth-order valence-electron chi connectivity index (χ4n) is 3.18. The molecule has 2 rings (SSSR count). The number of rotatable bonds is 9. The van der Waals surface area contributed by atoms with Crippen molar-refractivity contribution in [1.82, 2.24) is 9.55 Å². The highest BCUT2D eigenvalue weighted by molar-refractivity contribution is 5.88. The van der Waals surface area contributed by atoms with Crippen LogP contribution in [0.5, 0.6) is 0 Å². The summed E-state index contributed by atoms with van der Waals surface area (Å²) in [6.07, 6.45) is 2.70. The van der Waals surface area contributed by atoms with Crippen LogP contribution in [0.4, 0.5) is 4.39 Å². The molecule has 146 valence electrons. The van der Waals surface area contributed by atoms with Crippen molar-refractivity contribution in [2.75, 3.05) is 6.61 Å². The van der Waals surface area contributed by atoms with E-state index in [0.717, 1.165) is 30.3 Å². The van der Waals surface area contributed by atoms with E-state index >= 15 is 0 Å². The minimum atomic E-state index is -1.96. The first-order valence-corrected chi connectivity index (χ1v) is 8.86. The number of halogens is 1. The second kappa shape index (κ2) is 8.70. The van der Waals surface area contributed by atoms with Crippen LogP contribution in [-0.4, -0.2) is 43.9 Å². The summed E-state index contributed by atoms with van der Waals surface area (Å²) in [5, 5.41) is 20.2. The van der Waals surface area contributed by atoms with Crippen molar-refractivity contribution in [3.63, 3.8) is 0 Å². The predicted octanol–water partition coefficient (Wildman–Crippen LogP) is 0.616. The number of hydrogen-bond acceptors (Lipinski definition) is 6. The van der Waals surface area contributed by atoms with Gasteiger partial charge in [0, 0.05) is 12.8 Å². The highest BCUT2D eigenvalue weighted by Crippen LogP contribution is 2.37. The Morgan fingerprint density at radius 2 is 2.08 bits per heavy atom. The van der Waals surface area contributed by atoms with Crippen LogP contribution >= 0.6 is 0 Å². The molecular formula is C17H25FN2O6. The van der Waals surface area contributed by atoms with Crippen LogP contribution in [0.15, 0.2) is 15.8 Å². The Labute approximate surface area is 149 Å². The number of nitrogens with zero attached hydrogens (tertiary/aromatic N) is 1. The number of aromatic nitrogens is 2. The standard InChI is InChI=1S/C17H25FN2O6/c1-2-3-4-5-6-7-12(22)17(25)8-14(26-13(17)10-21)20-9-11(18)15(23)19-16(20)24/h9,13-14,21,25H,2-8,10H2,1H3,(H,19,23,24). The van der Waals surface area contributed by atoms with E-state index in [1.54, 1.807) is 4.98 Å². The highest BCUT2D eigenvalue weighted by Gasteiger charge is 2.52. The van der Waals surface area contributed by atoms with Crippen molar-refractivity contribution in [2.45, 2.75) is 69.8 Å². The molecule has 26 heavy (non-hydrogen) atoms. The molecule has 8 nitrogen and oxygen atoms in total. The molecule has 0 amide bonds. The van der Waals surface area contributed by atoms with Crippen LogP contribution in [0, 0.1) is 5.82 Å². The normalized spacial score (nSPS) is 25.5. The van der Waals surface area contributed by atoms with Crippen molar-refractivity contribution in [3.8, 4) is 0 Å². The molecular weight excluding hydrogens is 347 g/mol. The molecule has 1 aliphatic heterocycles. The number of Topliss-reactive ketones (excluding diaryl/α,β-unsaturated/α-hetero) is 1. The zero-order valence-corrected chi connectivity index (χ0v) is 14.7. The maximum atomic E-state index is 13.5. The number of ketones is 1. The Balaban J connectivity index is 2.12. The lowest BCUT2D eigenvalue weighted by atomic mass is 9.87. The van der Waals surface area contributed by atoms with Gasteiger partial charge >= 0.3 is 5.69 Å². The second-order valence-electron chi connectivity index (χ2n) is 6.62. The van der Waals surface area contributed by atoms with Gasteiger partial charge in [0.15, 0.2) is 11.4 Å². The second-order valence-corrected chi connectivity index (χ2v) is 6.62. The van der Waals surface area contributed by atoms with E-state index in [1.807, 2.05) is 0 Å². The monoisotopic (exact) mass is 372 g/mol. The van der Waals surface area contributed by atoms with Gasteiger partial charge in [0.25, 0.3) is 5.56 Å². The number of carbonyl (C=O) groups is 1. The van der Waals surface area contributed by atoms with Crippen LogP contribution < -0.4 is 11.2 Å². The molecule has 0 aromatic carbocycles. The Morgan fingerprint density at radius 3 is 2.73 bits per heavy atom. The summed E-state index contributed by atoms with van der Waals surface area (Å²) in [7, 11) is 0. The summed E-state index contributed by atoms with van der Waals surface area (Å²) in [4.78, 5) is 37.3. The van der Waals surface area contributed by atoms with Gasteiger partial charge in [0.05, 0.1) is 12.8 Å². The average Bonchev–Trinajstić information content (AvgIpc) is 2.95. The summed E-state index contributed by atoms with van der Waals surface area (Å²) >= 11 is 0. The first kappa shape index (κ1) is 20.5. The first-order valence-electron chi connectivity index (χ1n) is 8.86. The third-order valence-corrected chi connectivity index (χ3v) is 4.73. The number of nitrogens with one attached hydrogen (secondary N) is 1. The number of aromatic amines is 1. The largest absolute Gasteiger partial charge is 0.394 e. The van der Waals surface area contributed by atoms with Gasteiger partial charge in [-0.2, -0.15) is 4.39 Å².